The van der Waals surface area contributed by atoms with Crippen LogP contribution >= 0.6 is 0 Å². The zero-order valence-electron chi connectivity index (χ0n) is 29.2. The van der Waals surface area contributed by atoms with Gasteiger partial charge in [-0.1, -0.05) is 194 Å². The van der Waals surface area contributed by atoms with Crippen LogP contribution in [0, 0.1) is 0 Å². The SMILES string of the molecule is c1ccc(-c2nc(-c3ccccc3)nc(-c3ccc(-c4ccccc4-c4ccccc4-c4nc(-c5ccccc5)nc(-c5ccccc5)n4)cc3)n2)cc1. The molecule has 254 valence electrons. The summed E-state index contributed by atoms with van der Waals surface area (Å²) < 4.78 is 0. The Morgan fingerprint density at radius 1 is 0.167 bits per heavy atom. The first-order valence-corrected chi connectivity index (χ1v) is 17.8. The number of hydrogen-bond acceptors (Lipinski definition) is 6. The molecule has 54 heavy (non-hydrogen) atoms. The van der Waals surface area contributed by atoms with Crippen molar-refractivity contribution < 1.29 is 0 Å². The van der Waals surface area contributed by atoms with Gasteiger partial charge in [0.25, 0.3) is 0 Å². The molecule has 0 fully saturated rings. The van der Waals surface area contributed by atoms with Crippen molar-refractivity contribution in [3.05, 3.63) is 194 Å². The Hall–Kier alpha value is -7.44. The molecule has 9 rings (SSSR count). The molecule has 0 atom stereocenters. The summed E-state index contributed by atoms with van der Waals surface area (Å²) in [6.07, 6.45) is 0. The van der Waals surface area contributed by atoms with Gasteiger partial charge in [0.1, 0.15) is 0 Å². The van der Waals surface area contributed by atoms with Crippen LogP contribution in [0.1, 0.15) is 0 Å². The Morgan fingerprint density at radius 3 is 0.778 bits per heavy atom. The van der Waals surface area contributed by atoms with E-state index < -0.39 is 0 Å². The van der Waals surface area contributed by atoms with E-state index in [1.54, 1.807) is 0 Å². The highest BCUT2D eigenvalue weighted by atomic mass is 15.0. The van der Waals surface area contributed by atoms with E-state index in [9.17, 15) is 0 Å². The maximum Gasteiger partial charge on any atom is 0.164 e. The summed E-state index contributed by atoms with van der Waals surface area (Å²) in [5.74, 6) is 3.75. The summed E-state index contributed by atoms with van der Waals surface area (Å²) in [5, 5.41) is 0. The van der Waals surface area contributed by atoms with Gasteiger partial charge in [-0.25, -0.2) is 29.9 Å². The first-order chi connectivity index (χ1) is 26.8. The summed E-state index contributed by atoms with van der Waals surface area (Å²) in [4.78, 5) is 29.7. The quantitative estimate of drug-likeness (QED) is 0.158. The predicted molar refractivity (Wildman–Crippen MR) is 217 cm³/mol. The van der Waals surface area contributed by atoms with Gasteiger partial charge in [-0.05, 0) is 22.3 Å². The third kappa shape index (κ3) is 6.67. The Balaban J connectivity index is 1.12. The topological polar surface area (TPSA) is 77.3 Å². The van der Waals surface area contributed by atoms with Gasteiger partial charge in [-0.2, -0.15) is 0 Å². The first kappa shape index (κ1) is 32.5. The third-order valence-corrected chi connectivity index (χ3v) is 9.24. The Labute approximate surface area is 313 Å². The van der Waals surface area contributed by atoms with E-state index in [4.69, 9.17) is 29.9 Å². The lowest BCUT2D eigenvalue weighted by Crippen LogP contribution is -2.01. The maximum absolute atomic E-state index is 5.05. The smallest absolute Gasteiger partial charge is 0.164 e. The lowest BCUT2D eigenvalue weighted by Gasteiger charge is -2.15. The third-order valence-electron chi connectivity index (χ3n) is 9.24. The van der Waals surface area contributed by atoms with Gasteiger partial charge >= 0.3 is 0 Å². The number of hydrogen-bond donors (Lipinski definition) is 0. The predicted octanol–water partition coefficient (Wildman–Crippen LogP) is 11.4. The van der Waals surface area contributed by atoms with Crippen LogP contribution in [-0.2, 0) is 0 Å². The minimum atomic E-state index is 0.613. The molecule has 0 amide bonds. The molecule has 0 aliphatic carbocycles. The molecular weight excluding hydrogens is 661 g/mol. The van der Waals surface area contributed by atoms with Crippen molar-refractivity contribution in [3.63, 3.8) is 0 Å². The van der Waals surface area contributed by atoms with E-state index in [-0.39, 0.29) is 0 Å². The van der Waals surface area contributed by atoms with Crippen molar-refractivity contribution in [1.82, 2.24) is 29.9 Å². The number of rotatable bonds is 8. The zero-order valence-corrected chi connectivity index (χ0v) is 29.2. The van der Waals surface area contributed by atoms with Crippen LogP contribution in [0.2, 0.25) is 0 Å². The molecule has 7 aromatic carbocycles. The molecule has 0 radical (unpaired) electrons. The van der Waals surface area contributed by atoms with Crippen molar-refractivity contribution in [2.75, 3.05) is 0 Å². The fourth-order valence-corrected chi connectivity index (χ4v) is 6.55. The Morgan fingerprint density at radius 2 is 0.407 bits per heavy atom. The van der Waals surface area contributed by atoms with Crippen molar-refractivity contribution in [3.8, 4) is 90.6 Å². The van der Waals surface area contributed by atoms with Crippen LogP contribution in [-0.4, -0.2) is 29.9 Å². The molecule has 9 aromatic rings. The van der Waals surface area contributed by atoms with Crippen molar-refractivity contribution in [2.24, 2.45) is 0 Å². The van der Waals surface area contributed by atoms with Gasteiger partial charge in [-0.3, -0.25) is 0 Å². The van der Waals surface area contributed by atoms with Gasteiger partial charge in [0.2, 0.25) is 0 Å². The molecule has 2 aromatic heterocycles. The van der Waals surface area contributed by atoms with Crippen molar-refractivity contribution in [1.29, 1.82) is 0 Å². The van der Waals surface area contributed by atoms with Gasteiger partial charge in [0, 0.05) is 33.4 Å². The lowest BCUT2D eigenvalue weighted by molar-refractivity contribution is 1.07. The highest BCUT2D eigenvalue weighted by Gasteiger charge is 2.18. The molecule has 0 aliphatic heterocycles. The van der Waals surface area contributed by atoms with Crippen molar-refractivity contribution in [2.45, 2.75) is 0 Å². The molecular formula is C48H32N6. The van der Waals surface area contributed by atoms with Crippen LogP contribution in [0.5, 0.6) is 0 Å². The molecule has 0 saturated heterocycles. The van der Waals surface area contributed by atoms with Crippen LogP contribution in [0.4, 0.5) is 0 Å². The summed E-state index contributed by atoms with van der Waals surface area (Å²) in [6.45, 7) is 0. The average Bonchev–Trinajstić information content (AvgIpc) is 3.27. The molecule has 0 aliphatic rings. The van der Waals surface area contributed by atoms with Gasteiger partial charge in [-0.15, -0.1) is 0 Å². The second-order valence-electron chi connectivity index (χ2n) is 12.7. The van der Waals surface area contributed by atoms with Gasteiger partial charge in [0.15, 0.2) is 34.9 Å². The molecule has 0 N–H and O–H groups in total. The highest BCUT2D eigenvalue weighted by molar-refractivity contribution is 5.91. The number of aromatic nitrogens is 6. The normalized spacial score (nSPS) is 11.0. The maximum atomic E-state index is 5.05. The molecule has 0 bridgehead atoms. The van der Waals surface area contributed by atoms with E-state index in [1.165, 1.54) is 0 Å². The van der Waals surface area contributed by atoms with E-state index in [0.717, 1.165) is 55.6 Å². The first-order valence-electron chi connectivity index (χ1n) is 17.8. The van der Waals surface area contributed by atoms with Gasteiger partial charge < -0.3 is 0 Å². The van der Waals surface area contributed by atoms with E-state index in [2.05, 4.69) is 66.7 Å². The number of nitrogens with zero attached hydrogens (tertiary/aromatic N) is 6. The summed E-state index contributed by atoms with van der Waals surface area (Å²) in [5.41, 5.74) is 9.81. The van der Waals surface area contributed by atoms with Crippen LogP contribution in [0.25, 0.3) is 90.6 Å². The average molecular weight is 693 g/mol. The lowest BCUT2D eigenvalue weighted by atomic mass is 9.91. The molecule has 0 spiro atoms. The molecule has 0 unspecified atom stereocenters. The monoisotopic (exact) mass is 692 g/mol. The fourth-order valence-electron chi connectivity index (χ4n) is 6.55. The summed E-state index contributed by atoms with van der Waals surface area (Å²) in [7, 11) is 0. The molecule has 6 nitrogen and oxygen atoms in total. The molecule has 0 saturated carbocycles. The van der Waals surface area contributed by atoms with E-state index in [1.807, 2.05) is 127 Å². The minimum Gasteiger partial charge on any atom is -0.208 e. The minimum absolute atomic E-state index is 0.613. The standard InChI is InChI=1S/C48H32N6/c1-5-17-34(18-6-1)43-49-44(35-19-7-2-8-20-35)51-47(50-43)38-31-29-33(30-32-38)39-25-13-14-26-40(39)41-27-15-16-28-42(41)48-53-45(36-21-9-3-10-22-36)52-46(54-48)37-23-11-4-12-24-37/h1-32H. The van der Waals surface area contributed by atoms with Gasteiger partial charge in [0.05, 0.1) is 0 Å². The summed E-state index contributed by atoms with van der Waals surface area (Å²) >= 11 is 0. The molecule has 6 heteroatoms. The second kappa shape index (κ2) is 14.7. The van der Waals surface area contributed by atoms with E-state index in [0.29, 0.717) is 34.9 Å². The fraction of sp³-hybridized carbons (Fsp3) is 0. The largest absolute Gasteiger partial charge is 0.208 e. The van der Waals surface area contributed by atoms with Crippen LogP contribution < -0.4 is 0 Å². The Bertz CT molecular complexity index is 2570. The second-order valence-corrected chi connectivity index (χ2v) is 12.7. The highest BCUT2D eigenvalue weighted by Crippen LogP contribution is 2.38. The Kier molecular flexibility index (Phi) is 8.81. The van der Waals surface area contributed by atoms with Crippen LogP contribution in [0.3, 0.4) is 0 Å². The summed E-state index contributed by atoms with van der Waals surface area (Å²) in [6, 6.07) is 65.4. The molecule has 2 heterocycles. The van der Waals surface area contributed by atoms with Crippen LogP contribution in [0.15, 0.2) is 194 Å². The zero-order chi connectivity index (χ0) is 36.1. The van der Waals surface area contributed by atoms with E-state index >= 15 is 0 Å². The number of benzene rings is 7. The van der Waals surface area contributed by atoms with Crippen molar-refractivity contribution >= 4 is 0 Å².